The zero-order chi connectivity index (χ0) is 17.7. The minimum Gasteiger partial charge on any atom is -0.256 e. The molecule has 6 heteroatoms. The van der Waals surface area contributed by atoms with Crippen molar-refractivity contribution in [1.82, 2.24) is 4.31 Å². The highest BCUT2D eigenvalue weighted by atomic mass is 35.5. The van der Waals surface area contributed by atoms with E-state index in [-0.39, 0.29) is 0 Å². The molecule has 0 bridgehead atoms. The Kier molecular flexibility index (Phi) is 5.89. The highest BCUT2D eigenvalue weighted by molar-refractivity contribution is 7.89. The molecule has 0 amide bonds. The van der Waals surface area contributed by atoms with Crippen molar-refractivity contribution in [3.8, 4) is 0 Å². The fourth-order valence-electron chi connectivity index (χ4n) is 2.86. The summed E-state index contributed by atoms with van der Waals surface area (Å²) in [4.78, 5) is 4.70. The van der Waals surface area contributed by atoms with E-state index in [0.717, 1.165) is 31.2 Å². The van der Waals surface area contributed by atoms with Crippen molar-refractivity contribution < 1.29 is 8.42 Å². The summed E-state index contributed by atoms with van der Waals surface area (Å²) in [7, 11) is -3.42. The Balaban J connectivity index is 1.76. The van der Waals surface area contributed by atoms with Gasteiger partial charge < -0.3 is 0 Å². The molecule has 1 aliphatic heterocycles. The van der Waals surface area contributed by atoms with E-state index in [1.54, 1.807) is 40.9 Å². The third kappa shape index (κ3) is 4.48. The Labute approximate surface area is 154 Å². The summed E-state index contributed by atoms with van der Waals surface area (Å²) in [6, 6.07) is 14.1. The summed E-state index contributed by atoms with van der Waals surface area (Å²) in [5.74, 6) is 0. The molecule has 1 saturated heterocycles. The SMILES string of the molecule is O=S(=O)(c1ccc(N=Cc2ccccc2Cl)cc1)N1CCCCCC1. The molecule has 0 atom stereocenters. The molecule has 0 spiro atoms. The molecule has 0 unspecified atom stereocenters. The summed E-state index contributed by atoms with van der Waals surface area (Å²) in [6.45, 7) is 1.21. The molecule has 3 rings (SSSR count). The first-order chi connectivity index (χ1) is 12.1. The van der Waals surface area contributed by atoms with E-state index >= 15 is 0 Å². The fraction of sp³-hybridized carbons (Fsp3) is 0.316. The highest BCUT2D eigenvalue weighted by Gasteiger charge is 2.24. The van der Waals surface area contributed by atoms with Crippen LogP contribution in [-0.2, 0) is 10.0 Å². The zero-order valence-corrected chi connectivity index (χ0v) is 15.5. The second-order valence-corrected chi connectivity index (χ2v) is 8.44. The lowest BCUT2D eigenvalue weighted by atomic mass is 10.2. The van der Waals surface area contributed by atoms with E-state index < -0.39 is 10.0 Å². The molecule has 2 aromatic rings. The summed E-state index contributed by atoms with van der Waals surface area (Å²) >= 11 is 6.10. The van der Waals surface area contributed by atoms with Crippen molar-refractivity contribution in [2.75, 3.05) is 13.1 Å². The third-order valence-corrected chi connectivity index (χ3v) is 6.55. The van der Waals surface area contributed by atoms with Crippen LogP contribution in [0.3, 0.4) is 0 Å². The van der Waals surface area contributed by atoms with Gasteiger partial charge in [0.15, 0.2) is 0 Å². The monoisotopic (exact) mass is 376 g/mol. The summed E-state index contributed by atoms with van der Waals surface area (Å²) in [5, 5.41) is 0.631. The van der Waals surface area contributed by atoms with Crippen molar-refractivity contribution in [3.63, 3.8) is 0 Å². The molecule has 1 fully saturated rings. The number of hydrogen-bond donors (Lipinski definition) is 0. The molecule has 1 aliphatic rings. The lowest BCUT2D eigenvalue weighted by Crippen LogP contribution is -2.31. The molecule has 0 radical (unpaired) electrons. The Bertz CT molecular complexity index is 840. The highest BCUT2D eigenvalue weighted by Crippen LogP contribution is 2.23. The second kappa shape index (κ2) is 8.13. The van der Waals surface area contributed by atoms with Crippen molar-refractivity contribution >= 4 is 33.5 Å². The average Bonchev–Trinajstić information content (AvgIpc) is 2.91. The van der Waals surface area contributed by atoms with E-state index in [2.05, 4.69) is 4.99 Å². The Morgan fingerprint density at radius 2 is 1.56 bits per heavy atom. The van der Waals surface area contributed by atoms with Gasteiger partial charge in [-0.05, 0) is 43.2 Å². The van der Waals surface area contributed by atoms with Crippen molar-refractivity contribution in [1.29, 1.82) is 0 Å². The van der Waals surface area contributed by atoms with Crippen molar-refractivity contribution in [2.45, 2.75) is 30.6 Å². The van der Waals surface area contributed by atoms with Gasteiger partial charge in [0.1, 0.15) is 0 Å². The predicted octanol–water partition coefficient (Wildman–Crippen LogP) is 4.66. The number of halogens is 1. The van der Waals surface area contributed by atoms with Crippen LogP contribution in [0.4, 0.5) is 5.69 Å². The lowest BCUT2D eigenvalue weighted by Gasteiger charge is -2.19. The number of nitrogens with zero attached hydrogens (tertiary/aromatic N) is 2. The molecule has 0 N–H and O–H groups in total. The van der Waals surface area contributed by atoms with Crippen LogP contribution in [0.1, 0.15) is 31.2 Å². The van der Waals surface area contributed by atoms with Gasteiger partial charge in [-0.1, -0.05) is 42.6 Å². The van der Waals surface area contributed by atoms with Crippen LogP contribution in [0, 0.1) is 0 Å². The van der Waals surface area contributed by atoms with Crippen molar-refractivity contribution in [2.24, 2.45) is 4.99 Å². The summed E-state index contributed by atoms with van der Waals surface area (Å²) in [6.07, 6.45) is 5.74. The van der Waals surface area contributed by atoms with Crippen molar-refractivity contribution in [3.05, 3.63) is 59.1 Å². The molecule has 0 saturated carbocycles. The maximum atomic E-state index is 12.7. The Morgan fingerprint density at radius 1 is 0.920 bits per heavy atom. The van der Waals surface area contributed by atoms with Crippen LogP contribution in [0.2, 0.25) is 5.02 Å². The van der Waals surface area contributed by atoms with E-state index in [9.17, 15) is 8.42 Å². The van der Waals surface area contributed by atoms with Gasteiger partial charge in [0.05, 0.1) is 10.6 Å². The van der Waals surface area contributed by atoms with E-state index in [0.29, 0.717) is 28.7 Å². The minimum atomic E-state index is -3.42. The average molecular weight is 377 g/mol. The van der Waals surface area contributed by atoms with Gasteiger partial charge >= 0.3 is 0 Å². The summed E-state index contributed by atoms with van der Waals surface area (Å²) in [5.41, 5.74) is 1.51. The molecular formula is C19H21ClN2O2S. The molecule has 0 aromatic heterocycles. The maximum absolute atomic E-state index is 12.7. The number of sulfonamides is 1. The lowest BCUT2D eigenvalue weighted by molar-refractivity contribution is 0.424. The number of aliphatic imine (C=N–C) groups is 1. The van der Waals surface area contributed by atoms with Crippen LogP contribution >= 0.6 is 11.6 Å². The van der Waals surface area contributed by atoms with Gasteiger partial charge in [-0.2, -0.15) is 4.31 Å². The maximum Gasteiger partial charge on any atom is 0.243 e. The van der Waals surface area contributed by atoms with Crippen LogP contribution < -0.4 is 0 Å². The zero-order valence-electron chi connectivity index (χ0n) is 13.9. The fourth-order valence-corrected chi connectivity index (χ4v) is 4.56. The molecule has 1 heterocycles. The van der Waals surface area contributed by atoms with Gasteiger partial charge in [0.25, 0.3) is 0 Å². The van der Waals surface area contributed by atoms with Crippen LogP contribution in [0.25, 0.3) is 0 Å². The van der Waals surface area contributed by atoms with Gasteiger partial charge in [-0.25, -0.2) is 8.42 Å². The normalized spacial score (nSPS) is 16.8. The Morgan fingerprint density at radius 3 is 2.20 bits per heavy atom. The molecule has 132 valence electrons. The van der Waals surface area contributed by atoms with Gasteiger partial charge in [-0.15, -0.1) is 0 Å². The topological polar surface area (TPSA) is 49.7 Å². The van der Waals surface area contributed by atoms with Crippen LogP contribution in [0.5, 0.6) is 0 Å². The predicted molar refractivity (Wildman–Crippen MR) is 102 cm³/mol. The van der Waals surface area contributed by atoms with Gasteiger partial charge in [0, 0.05) is 29.9 Å². The smallest absolute Gasteiger partial charge is 0.243 e. The van der Waals surface area contributed by atoms with Crippen LogP contribution in [-0.4, -0.2) is 32.0 Å². The quantitative estimate of drug-likeness (QED) is 0.729. The standard InChI is InChI=1S/C19H21ClN2O2S/c20-19-8-4-3-7-16(19)15-21-17-9-11-18(12-10-17)25(23,24)22-13-5-1-2-6-14-22/h3-4,7-12,15H,1-2,5-6,13-14H2. The van der Waals surface area contributed by atoms with Crippen LogP contribution in [0.15, 0.2) is 58.4 Å². The molecule has 2 aromatic carbocycles. The molecule has 25 heavy (non-hydrogen) atoms. The minimum absolute atomic E-state index is 0.325. The number of hydrogen-bond acceptors (Lipinski definition) is 3. The summed E-state index contributed by atoms with van der Waals surface area (Å²) < 4.78 is 27.1. The second-order valence-electron chi connectivity index (χ2n) is 6.09. The van der Waals surface area contributed by atoms with Gasteiger partial charge in [-0.3, -0.25) is 4.99 Å². The first-order valence-electron chi connectivity index (χ1n) is 8.46. The van der Waals surface area contributed by atoms with E-state index in [1.807, 2.05) is 18.2 Å². The number of rotatable bonds is 4. The van der Waals surface area contributed by atoms with Gasteiger partial charge in [0.2, 0.25) is 10.0 Å². The molecule has 0 aliphatic carbocycles. The molecular weight excluding hydrogens is 356 g/mol. The van der Waals surface area contributed by atoms with E-state index in [1.165, 1.54) is 0 Å². The third-order valence-electron chi connectivity index (χ3n) is 4.30. The largest absolute Gasteiger partial charge is 0.256 e. The first-order valence-corrected chi connectivity index (χ1v) is 10.3. The number of benzene rings is 2. The van der Waals surface area contributed by atoms with E-state index in [4.69, 9.17) is 11.6 Å². The molecule has 4 nitrogen and oxygen atoms in total. The first kappa shape index (κ1) is 18.1. The Hall–Kier alpha value is -1.69.